The molecule has 0 saturated heterocycles. The second-order valence-corrected chi connectivity index (χ2v) is 8.66. The standard InChI is InChI=1S/C22H27FN2O4S/c1-6-25(7-2)30(27,28)18-12-15(3)16(4)20(14-18)24-22(26)11-9-17-8-10-21(29-5)19(23)13-17/h8-14H,6-7H2,1-5H3,(H,24,26)/b11-9+. The summed E-state index contributed by atoms with van der Waals surface area (Å²) in [5, 5.41) is 2.72. The Hall–Kier alpha value is -2.71. The highest BCUT2D eigenvalue weighted by atomic mass is 32.2. The Morgan fingerprint density at radius 1 is 1.17 bits per heavy atom. The van der Waals surface area contributed by atoms with E-state index in [0.717, 1.165) is 11.1 Å². The van der Waals surface area contributed by atoms with E-state index in [1.165, 1.54) is 41.8 Å². The maximum Gasteiger partial charge on any atom is 0.248 e. The third-order valence-electron chi connectivity index (χ3n) is 4.84. The fourth-order valence-corrected chi connectivity index (χ4v) is 4.52. The van der Waals surface area contributed by atoms with E-state index in [1.807, 2.05) is 0 Å². The van der Waals surface area contributed by atoms with Gasteiger partial charge in [-0.2, -0.15) is 4.31 Å². The predicted octanol–water partition coefficient (Wildman–Crippen LogP) is 4.13. The number of nitrogens with zero attached hydrogens (tertiary/aromatic N) is 1. The van der Waals surface area contributed by atoms with E-state index in [1.54, 1.807) is 39.8 Å². The van der Waals surface area contributed by atoms with E-state index in [0.29, 0.717) is 24.3 Å². The van der Waals surface area contributed by atoms with Gasteiger partial charge in [0.2, 0.25) is 15.9 Å². The predicted molar refractivity (Wildman–Crippen MR) is 117 cm³/mol. The van der Waals surface area contributed by atoms with E-state index < -0.39 is 21.7 Å². The largest absolute Gasteiger partial charge is 0.494 e. The minimum absolute atomic E-state index is 0.119. The Bertz CT molecular complexity index is 1060. The summed E-state index contributed by atoms with van der Waals surface area (Å²) in [4.78, 5) is 12.5. The lowest BCUT2D eigenvalue weighted by molar-refractivity contribution is -0.111. The first-order chi connectivity index (χ1) is 14.1. The van der Waals surface area contributed by atoms with Crippen molar-refractivity contribution in [2.24, 2.45) is 0 Å². The van der Waals surface area contributed by atoms with Crippen molar-refractivity contribution in [3.05, 3.63) is 58.9 Å². The molecule has 162 valence electrons. The molecular weight excluding hydrogens is 407 g/mol. The number of anilines is 1. The smallest absolute Gasteiger partial charge is 0.248 e. The maximum atomic E-state index is 13.8. The van der Waals surface area contributed by atoms with Crippen molar-refractivity contribution in [3.63, 3.8) is 0 Å². The number of carbonyl (C=O) groups is 1. The highest BCUT2D eigenvalue weighted by molar-refractivity contribution is 7.89. The fraction of sp³-hybridized carbons (Fsp3) is 0.318. The molecule has 0 radical (unpaired) electrons. The van der Waals surface area contributed by atoms with Gasteiger partial charge in [-0.05, 0) is 60.9 Å². The number of nitrogens with one attached hydrogen (secondary N) is 1. The summed E-state index contributed by atoms with van der Waals surface area (Å²) in [5.74, 6) is -0.860. The average Bonchev–Trinajstić information content (AvgIpc) is 2.70. The number of ether oxygens (including phenoxy) is 1. The van der Waals surface area contributed by atoms with Gasteiger partial charge in [0.25, 0.3) is 0 Å². The van der Waals surface area contributed by atoms with Gasteiger partial charge in [0.15, 0.2) is 11.6 Å². The second kappa shape index (κ2) is 9.86. The average molecular weight is 435 g/mol. The summed E-state index contributed by atoms with van der Waals surface area (Å²) in [6.07, 6.45) is 2.73. The number of amides is 1. The molecule has 0 bridgehead atoms. The molecule has 2 aromatic carbocycles. The van der Waals surface area contributed by atoms with Gasteiger partial charge in [0, 0.05) is 24.9 Å². The van der Waals surface area contributed by atoms with Crippen LogP contribution in [0.25, 0.3) is 6.08 Å². The molecule has 8 heteroatoms. The molecule has 1 N–H and O–H groups in total. The van der Waals surface area contributed by atoms with Gasteiger partial charge in [0.05, 0.1) is 12.0 Å². The van der Waals surface area contributed by atoms with E-state index in [2.05, 4.69) is 5.32 Å². The molecular formula is C22H27FN2O4S. The molecule has 6 nitrogen and oxygen atoms in total. The Morgan fingerprint density at radius 2 is 1.83 bits per heavy atom. The minimum Gasteiger partial charge on any atom is -0.494 e. The van der Waals surface area contributed by atoms with Crippen molar-refractivity contribution in [3.8, 4) is 5.75 Å². The van der Waals surface area contributed by atoms with Crippen molar-refractivity contribution in [2.45, 2.75) is 32.6 Å². The van der Waals surface area contributed by atoms with Crippen LogP contribution >= 0.6 is 0 Å². The van der Waals surface area contributed by atoms with Crippen LogP contribution in [0.5, 0.6) is 5.75 Å². The van der Waals surface area contributed by atoms with Crippen molar-refractivity contribution in [1.29, 1.82) is 0 Å². The molecule has 2 aromatic rings. The zero-order chi connectivity index (χ0) is 22.5. The molecule has 0 fully saturated rings. The number of rotatable bonds is 8. The summed E-state index contributed by atoms with van der Waals surface area (Å²) in [5.41, 5.74) is 2.43. The van der Waals surface area contributed by atoms with Gasteiger partial charge in [-0.25, -0.2) is 12.8 Å². The molecule has 30 heavy (non-hydrogen) atoms. The maximum absolute atomic E-state index is 13.8. The van der Waals surface area contributed by atoms with Gasteiger partial charge in [-0.1, -0.05) is 19.9 Å². The third kappa shape index (κ3) is 5.25. The number of aryl methyl sites for hydroxylation is 1. The van der Waals surface area contributed by atoms with Crippen molar-refractivity contribution in [2.75, 3.05) is 25.5 Å². The Labute approximate surface area is 177 Å². The van der Waals surface area contributed by atoms with Crippen LogP contribution < -0.4 is 10.1 Å². The first-order valence-corrected chi connectivity index (χ1v) is 11.0. The van der Waals surface area contributed by atoms with E-state index >= 15 is 0 Å². The quantitative estimate of drug-likeness (QED) is 0.634. The normalized spacial score (nSPS) is 11.8. The summed E-state index contributed by atoms with van der Waals surface area (Å²) in [6.45, 7) is 7.86. The molecule has 0 unspecified atom stereocenters. The van der Waals surface area contributed by atoms with E-state index in [-0.39, 0.29) is 10.6 Å². The van der Waals surface area contributed by atoms with Crippen LogP contribution in [0.3, 0.4) is 0 Å². The zero-order valence-electron chi connectivity index (χ0n) is 17.8. The Kier molecular flexibility index (Phi) is 7.75. The molecule has 0 saturated carbocycles. The van der Waals surface area contributed by atoms with Gasteiger partial charge in [0.1, 0.15) is 0 Å². The highest BCUT2D eigenvalue weighted by Crippen LogP contribution is 2.26. The first kappa shape index (κ1) is 23.6. The van der Waals surface area contributed by atoms with Crippen molar-refractivity contribution < 1.29 is 22.3 Å². The number of methoxy groups -OCH3 is 1. The summed E-state index contributed by atoms with van der Waals surface area (Å²) >= 11 is 0. The summed E-state index contributed by atoms with van der Waals surface area (Å²) < 4.78 is 45.7. The molecule has 0 atom stereocenters. The third-order valence-corrected chi connectivity index (χ3v) is 6.87. The lowest BCUT2D eigenvalue weighted by Gasteiger charge is -2.20. The van der Waals surface area contributed by atoms with Crippen LogP contribution in [-0.4, -0.2) is 38.8 Å². The molecule has 0 aliphatic carbocycles. The van der Waals surface area contributed by atoms with Crippen LogP contribution in [-0.2, 0) is 14.8 Å². The monoisotopic (exact) mass is 434 g/mol. The molecule has 2 rings (SSSR count). The lowest BCUT2D eigenvalue weighted by Crippen LogP contribution is -2.30. The van der Waals surface area contributed by atoms with Crippen LogP contribution in [0.1, 0.15) is 30.5 Å². The number of benzene rings is 2. The summed E-state index contributed by atoms with van der Waals surface area (Å²) in [6, 6.07) is 7.43. The number of hydrogen-bond acceptors (Lipinski definition) is 4. The van der Waals surface area contributed by atoms with Gasteiger partial charge >= 0.3 is 0 Å². The number of halogens is 1. The van der Waals surface area contributed by atoms with Gasteiger partial charge in [-0.3, -0.25) is 4.79 Å². The molecule has 0 spiro atoms. The number of hydrogen-bond donors (Lipinski definition) is 1. The van der Waals surface area contributed by atoms with Crippen molar-refractivity contribution >= 4 is 27.7 Å². The highest BCUT2D eigenvalue weighted by Gasteiger charge is 2.23. The van der Waals surface area contributed by atoms with Crippen LogP contribution in [0.15, 0.2) is 41.3 Å². The molecule has 0 aliphatic heterocycles. The second-order valence-electron chi connectivity index (χ2n) is 6.72. The molecule has 1 amide bonds. The number of carbonyl (C=O) groups excluding carboxylic acids is 1. The first-order valence-electron chi connectivity index (χ1n) is 9.58. The Morgan fingerprint density at radius 3 is 2.40 bits per heavy atom. The van der Waals surface area contributed by atoms with E-state index in [4.69, 9.17) is 4.74 Å². The number of sulfonamides is 1. The van der Waals surface area contributed by atoms with Gasteiger partial charge < -0.3 is 10.1 Å². The van der Waals surface area contributed by atoms with Crippen LogP contribution in [0.4, 0.5) is 10.1 Å². The molecule has 0 heterocycles. The van der Waals surface area contributed by atoms with Crippen LogP contribution in [0.2, 0.25) is 0 Å². The Balaban J connectivity index is 2.28. The zero-order valence-corrected chi connectivity index (χ0v) is 18.6. The SMILES string of the molecule is CCN(CC)S(=O)(=O)c1cc(C)c(C)c(NC(=O)/C=C/c2ccc(OC)c(F)c2)c1. The topological polar surface area (TPSA) is 75.7 Å². The lowest BCUT2D eigenvalue weighted by atomic mass is 10.1. The van der Waals surface area contributed by atoms with Gasteiger partial charge in [-0.15, -0.1) is 0 Å². The minimum atomic E-state index is -3.65. The van der Waals surface area contributed by atoms with Crippen LogP contribution in [0, 0.1) is 19.7 Å². The molecule has 0 aromatic heterocycles. The summed E-state index contributed by atoms with van der Waals surface area (Å²) in [7, 11) is -2.28. The van der Waals surface area contributed by atoms with E-state index in [9.17, 15) is 17.6 Å². The van der Waals surface area contributed by atoms with Crippen molar-refractivity contribution in [1.82, 2.24) is 4.31 Å². The fourth-order valence-electron chi connectivity index (χ4n) is 2.95. The molecule has 0 aliphatic rings.